The molecule has 2 aromatic rings. The second-order valence-electron chi connectivity index (χ2n) is 5.72. The van der Waals surface area contributed by atoms with Crippen molar-refractivity contribution in [2.24, 2.45) is 5.14 Å². The molecule has 0 bridgehead atoms. The Morgan fingerprint density at radius 2 is 2.08 bits per heavy atom. The van der Waals surface area contributed by atoms with E-state index in [9.17, 15) is 18.3 Å². The number of primary sulfonamides is 1. The van der Waals surface area contributed by atoms with Crippen molar-refractivity contribution in [2.45, 2.75) is 37.5 Å². The predicted octanol–water partition coefficient (Wildman–Crippen LogP) is 2.62. The van der Waals surface area contributed by atoms with Crippen LogP contribution in [0.4, 0.5) is 5.69 Å². The van der Waals surface area contributed by atoms with E-state index < -0.39 is 16.0 Å². The van der Waals surface area contributed by atoms with Gasteiger partial charge in [0.05, 0.1) is 16.7 Å². The second-order valence-corrected chi connectivity index (χ2v) is 7.25. The van der Waals surface area contributed by atoms with Crippen LogP contribution in [0.2, 0.25) is 0 Å². The molecule has 0 unspecified atom stereocenters. The van der Waals surface area contributed by atoms with Gasteiger partial charge in [0.15, 0.2) is 0 Å². The summed E-state index contributed by atoms with van der Waals surface area (Å²) in [4.78, 5) is 11.4. The largest absolute Gasteiger partial charge is 0.478 e. The van der Waals surface area contributed by atoms with Crippen molar-refractivity contribution in [3.63, 3.8) is 0 Å². The van der Waals surface area contributed by atoms with E-state index in [4.69, 9.17) is 9.56 Å². The van der Waals surface area contributed by atoms with E-state index in [2.05, 4.69) is 5.32 Å². The molecule has 1 aromatic heterocycles. The lowest BCUT2D eigenvalue weighted by atomic mass is 10.0. The Kier molecular flexibility index (Phi) is 6.22. The van der Waals surface area contributed by atoms with Crippen molar-refractivity contribution in [3.05, 3.63) is 47.4 Å². The predicted molar refractivity (Wildman–Crippen MR) is 94.3 cm³/mol. The fourth-order valence-corrected chi connectivity index (χ4v) is 3.36. The molecule has 1 aromatic carbocycles. The lowest BCUT2D eigenvalue weighted by molar-refractivity contribution is 0.0697. The number of rotatable bonds is 9. The maximum Gasteiger partial charge on any atom is 0.337 e. The topological polar surface area (TPSA) is 123 Å². The fraction of sp³-hybridized carbons (Fsp3) is 0.353. The number of nitrogens with two attached hydrogens (primary N) is 1. The molecule has 136 valence electrons. The molecule has 2 rings (SSSR count). The van der Waals surface area contributed by atoms with Crippen molar-refractivity contribution in [1.29, 1.82) is 0 Å². The Bertz CT molecular complexity index is 829. The first-order valence-electron chi connectivity index (χ1n) is 8.02. The molecule has 0 aliphatic rings. The van der Waals surface area contributed by atoms with Crippen LogP contribution in [0.15, 0.2) is 39.8 Å². The van der Waals surface area contributed by atoms with Gasteiger partial charge < -0.3 is 14.8 Å². The minimum Gasteiger partial charge on any atom is -0.478 e. The number of unbranched alkanes of at least 4 members (excludes halogenated alkanes) is 1. The van der Waals surface area contributed by atoms with Gasteiger partial charge >= 0.3 is 5.97 Å². The lowest BCUT2D eigenvalue weighted by Crippen LogP contribution is -2.17. The fourth-order valence-electron chi connectivity index (χ4n) is 2.55. The van der Waals surface area contributed by atoms with E-state index in [0.717, 1.165) is 24.7 Å². The van der Waals surface area contributed by atoms with Gasteiger partial charge in [0.1, 0.15) is 5.76 Å². The third-order valence-electron chi connectivity index (χ3n) is 3.80. The van der Waals surface area contributed by atoms with Gasteiger partial charge in [0.25, 0.3) is 0 Å². The molecule has 0 amide bonds. The van der Waals surface area contributed by atoms with Gasteiger partial charge in [-0.05, 0) is 42.7 Å². The first kappa shape index (κ1) is 19.0. The van der Waals surface area contributed by atoms with E-state index >= 15 is 0 Å². The Hall–Kier alpha value is -2.32. The number of carbonyl (C=O) groups is 1. The molecule has 4 N–H and O–H groups in total. The number of carboxylic acid groups (broad SMARTS) is 1. The molecular formula is C17H22N2O5S. The summed E-state index contributed by atoms with van der Waals surface area (Å²) < 4.78 is 28.9. The van der Waals surface area contributed by atoms with Crippen molar-refractivity contribution in [1.82, 2.24) is 0 Å². The van der Waals surface area contributed by atoms with E-state index in [-0.39, 0.29) is 10.5 Å². The number of aromatic carboxylic acids is 1. The van der Waals surface area contributed by atoms with E-state index in [0.29, 0.717) is 30.6 Å². The smallest absolute Gasteiger partial charge is 0.337 e. The van der Waals surface area contributed by atoms with Gasteiger partial charge in [0, 0.05) is 18.7 Å². The molecule has 8 heteroatoms. The number of anilines is 1. The summed E-state index contributed by atoms with van der Waals surface area (Å²) in [6, 6.07) is 6.32. The Morgan fingerprint density at radius 1 is 1.32 bits per heavy atom. The minimum atomic E-state index is -4.00. The van der Waals surface area contributed by atoms with E-state index in [1.807, 2.05) is 13.0 Å². The van der Waals surface area contributed by atoms with Gasteiger partial charge in [-0.3, -0.25) is 0 Å². The summed E-state index contributed by atoms with van der Waals surface area (Å²) in [6.07, 6.45) is 4.32. The summed E-state index contributed by atoms with van der Waals surface area (Å²) in [5.41, 5.74) is 0.774. The molecule has 0 spiro atoms. The van der Waals surface area contributed by atoms with Crippen molar-refractivity contribution >= 4 is 21.7 Å². The third-order valence-corrected chi connectivity index (χ3v) is 4.80. The number of aryl methyl sites for hydroxylation is 1. The van der Waals surface area contributed by atoms with E-state index in [1.54, 1.807) is 18.4 Å². The van der Waals surface area contributed by atoms with E-state index in [1.165, 1.54) is 0 Å². The molecule has 0 aliphatic carbocycles. The zero-order valence-electron chi connectivity index (χ0n) is 14.0. The normalized spacial score (nSPS) is 11.4. The highest BCUT2D eigenvalue weighted by Gasteiger charge is 2.20. The number of furan rings is 1. The summed E-state index contributed by atoms with van der Waals surface area (Å²) >= 11 is 0. The number of sulfonamides is 1. The van der Waals surface area contributed by atoms with Gasteiger partial charge in [-0.2, -0.15) is 0 Å². The molecule has 1 heterocycles. The molecule has 0 radical (unpaired) electrons. The van der Waals surface area contributed by atoms with Gasteiger partial charge in [-0.1, -0.05) is 13.3 Å². The maximum atomic E-state index is 11.8. The lowest BCUT2D eigenvalue weighted by Gasteiger charge is -2.15. The average molecular weight is 366 g/mol. The number of carboxylic acids is 1. The Morgan fingerprint density at radius 3 is 2.64 bits per heavy atom. The van der Waals surface area contributed by atoms with Crippen molar-refractivity contribution < 1.29 is 22.7 Å². The van der Waals surface area contributed by atoms with Crippen molar-refractivity contribution in [3.8, 4) is 0 Å². The Balaban J connectivity index is 2.33. The van der Waals surface area contributed by atoms with Gasteiger partial charge in [0.2, 0.25) is 10.0 Å². The SMILES string of the molecule is CCCCc1cc(NCCc2ccco2)c(C(=O)O)cc1S(N)(=O)=O. The van der Waals surface area contributed by atoms with Gasteiger partial charge in [-0.15, -0.1) is 0 Å². The zero-order chi connectivity index (χ0) is 18.4. The van der Waals surface area contributed by atoms with Crippen LogP contribution < -0.4 is 10.5 Å². The highest BCUT2D eigenvalue weighted by Crippen LogP contribution is 2.26. The van der Waals surface area contributed by atoms with Crippen LogP contribution in [-0.2, 0) is 22.9 Å². The maximum absolute atomic E-state index is 11.8. The van der Waals surface area contributed by atoms with Crippen LogP contribution in [0, 0.1) is 0 Å². The van der Waals surface area contributed by atoms with Gasteiger partial charge in [-0.25, -0.2) is 18.4 Å². The molecule has 0 atom stereocenters. The average Bonchev–Trinajstić information content (AvgIpc) is 3.04. The van der Waals surface area contributed by atoms with Crippen LogP contribution in [0.25, 0.3) is 0 Å². The highest BCUT2D eigenvalue weighted by atomic mass is 32.2. The number of benzene rings is 1. The highest BCUT2D eigenvalue weighted by molar-refractivity contribution is 7.89. The molecule has 0 fully saturated rings. The first-order valence-corrected chi connectivity index (χ1v) is 9.56. The monoisotopic (exact) mass is 366 g/mol. The van der Waals surface area contributed by atoms with Crippen LogP contribution in [0.5, 0.6) is 0 Å². The summed E-state index contributed by atoms with van der Waals surface area (Å²) in [5.74, 6) is -0.441. The van der Waals surface area contributed by atoms with Crippen molar-refractivity contribution in [2.75, 3.05) is 11.9 Å². The molecule has 0 aliphatic heterocycles. The first-order chi connectivity index (χ1) is 11.8. The molecule has 7 nitrogen and oxygen atoms in total. The van der Waals surface area contributed by atoms with Crippen LogP contribution in [0.3, 0.4) is 0 Å². The third kappa shape index (κ3) is 5.07. The minimum absolute atomic E-state index is 0.122. The standard InChI is InChI=1S/C17H22N2O5S/c1-2-3-5-12-10-15(19-8-7-13-6-4-9-24-13)14(17(20)21)11-16(12)25(18,22)23/h4,6,9-11,19H,2-3,5,7-8H2,1H3,(H,20,21)(H2,18,22,23). The number of hydrogen-bond donors (Lipinski definition) is 3. The molecule has 25 heavy (non-hydrogen) atoms. The molecule has 0 saturated carbocycles. The van der Waals surface area contributed by atoms with Crippen LogP contribution in [-0.4, -0.2) is 26.0 Å². The summed E-state index contributed by atoms with van der Waals surface area (Å²) in [7, 11) is -4.00. The zero-order valence-corrected chi connectivity index (χ0v) is 14.8. The summed E-state index contributed by atoms with van der Waals surface area (Å²) in [6.45, 7) is 2.44. The quantitative estimate of drug-likeness (QED) is 0.627. The van der Waals surface area contributed by atoms with Crippen LogP contribution in [0.1, 0.15) is 41.4 Å². The molecule has 0 saturated heterocycles. The number of hydrogen-bond acceptors (Lipinski definition) is 5. The second kappa shape index (κ2) is 8.17. The molecular weight excluding hydrogens is 344 g/mol. The summed E-state index contributed by atoms with van der Waals surface area (Å²) in [5, 5.41) is 17.7. The van der Waals surface area contributed by atoms with Crippen LogP contribution >= 0.6 is 0 Å². The Labute approximate surface area is 146 Å². The number of nitrogens with one attached hydrogen (secondary N) is 1.